The largest absolute Gasteiger partial charge is 0.508 e. The Morgan fingerprint density at radius 1 is 0.977 bits per heavy atom. The quantitative estimate of drug-likeness (QED) is 0.235. The Morgan fingerprint density at radius 2 is 1.73 bits per heavy atom. The predicted molar refractivity (Wildman–Crippen MR) is 177 cm³/mol. The highest BCUT2D eigenvalue weighted by molar-refractivity contribution is 5.51. The molecule has 0 aromatic heterocycles. The summed E-state index contributed by atoms with van der Waals surface area (Å²) in [7, 11) is 3.75. The summed E-state index contributed by atoms with van der Waals surface area (Å²) in [5, 5.41) is 9.19. The molecule has 238 valence electrons. The molecule has 3 aromatic rings. The third-order valence-corrected chi connectivity index (χ3v) is 8.14. The number of phenolic OH excluding ortho intramolecular Hbond substituents is 1. The SMILES string of the molecule is C#C.CCN(Cc1ccc(OCCN(C)CC2CCOCC2)c(F)c1)c1cccc(OC)c1.Oc1ccc2c(c1)CCCC2. The van der Waals surface area contributed by atoms with Crippen molar-refractivity contribution >= 4 is 5.69 Å². The zero-order valence-corrected chi connectivity index (χ0v) is 26.6. The number of anilines is 1. The van der Waals surface area contributed by atoms with E-state index in [1.54, 1.807) is 25.3 Å². The van der Waals surface area contributed by atoms with Crippen molar-refractivity contribution in [2.24, 2.45) is 5.92 Å². The first kappa shape index (κ1) is 34.8. The molecule has 0 unspecified atom stereocenters. The van der Waals surface area contributed by atoms with Crippen LogP contribution in [0.25, 0.3) is 0 Å². The van der Waals surface area contributed by atoms with Gasteiger partial charge in [0.15, 0.2) is 11.6 Å². The maximum atomic E-state index is 14.6. The lowest BCUT2D eigenvalue weighted by Gasteiger charge is -2.27. The van der Waals surface area contributed by atoms with Gasteiger partial charge in [-0.05, 0) is 112 Å². The monoisotopic (exact) mass is 604 g/mol. The van der Waals surface area contributed by atoms with Crippen LogP contribution in [0.4, 0.5) is 10.1 Å². The van der Waals surface area contributed by atoms with Gasteiger partial charge in [0.25, 0.3) is 0 Å². The third kappa shape index (κ3) is 11.1. The molecule has 1 saturated heterocycles. The van der Waals surface area contributed by atoms with Gasteiger partial charge in [-0.25, -0.2) is 4.39 Å². The topological polar surface area (TPSA) is 54.4 Å². The van der Waals surface area contributed by atoms with Gasteiger partial charge in [0.2, 0.25) is 0 Å². The van der Waals surface area contributed by atoms with Crippen molar-refractivity contribution in [1.82, 2.24) is 4.90 Å². The number of phenols is 1. The van der Waals surface area contributed by atoms with Gasteiger partial charge in [-0.15, -0.1) is 12.8 Å². The van der Waals surface area contributed by atoms with Gasteiger partial charge in [-0.3, -0.25) is 0 Å². The maximum Gasteiger partial charge on any atom is 0.165 e. The van der Waals surface area contributed by atoms with Crippen LogP contribution < -0.4 is 14.4 Å². The number of terminal acetylenes is 1. The Labute approximate surface area is 263 Å². The lowest BCUT2D eigenvalue weighted by atomic mass is 9.92. The summed E-state index contributed by atoms with van der Waals surface area (Å²) >= 11 is 0. The van der Waals surface area contributed by atoms with E-state index in [9.17, 15) is 9.50 Å². The van der Waals surface area contributed by atoms with Crippen LogP contribution in [-0.4, -0.2) is 63.6 Å². The number of benzene rings is 3. The molecule has 5 rings (SSSR count). The lowest BCUT2D eigenvalue weighted by molar-refractivity contribution is 0.0542. The number of nitrogens with zero attached hydrogens (tertiary/aromatic N) is 2. The summed E-state index contributed by atoms with van der Waals surface area (Å²) in [5.74, 6) is 1.90. The molecule has 0 saturated carbocycles. The summed E-state index contributed by atoms with van der Waals surface area (Å²) in [5.41, 5.74) is 4.73. The second kappa shape index (κ2) is 18.8. The van der Waals surface area contributed by atoms with Gasteiger partial charge < -0.3 is 29.1 Å². The number of rotatable bonds is 11. The molecular weight excluding hydrogens is 555 g/mol. The van der Waals surface area contributed by atoms with Crippen LogP contribution in [0.2, 0.25) is 0 Å². The van der Waals surface area contributed by atoms with Crippen molar-refractivity contribution < 1.29 is 23.7 Å². The average molecular weight is 605 g/mol. The molecule has 1 aliphatic heterocycles. The first-order chi connectivity index (χ1) is 21.4. The number of fused-ring (bicyclic) bond motifs is 1. The average Bonchev–Trinajstić information content (AvgIpc) is 3.06. The van der Waals surface area contributed by atoms with E-state index in [2.05, 4.69) is 36.6 Å². The van der Waals surface area contributed by atoms with E-state index in [-0.39, 0.29) is 5.82 Å². The molecule has 1 N–H and O–H groups in total. The summed E-state index contributed by atoms with van der Waals surface area (Å²) in [6, 6.07) is 18.9. The molecule has 0 radical (unpaired) electrons. The zero-order chi connectivity index (χ0) is 31.7. The molecular formula is C37H49FN2O4. The Morgan fingerprint density at radius 3 is 2.43 bits per heavy atom. The van der Waals surface area contributed by atoms with E-state index in [0.29, 0.717) is 30.6 Å². The molecule has 3 aromatic carbocycles. The van der Waals surface area contributed by atoms with E-state index in [0.717, 1.165) is 69.1 Å². The van der Waals surface area contributed by atoms with Crippen molar-refractivity contribution in [3.8, 4) is 30.1 Å². The third-order valence-electron chi connectivity index (χ3n) is 8.14. The molecule has 44 heavy (non-hydrogen) atoms. The normalized spacial score (nSPS) is 14.3. The van der Waals surface area contributed by atoms with Gasteiger partial charge in [0.1, 0.15) is 18.1 Å². The van der Waals surface area contributed by atoms with Crippen molar-refractivity contribution in [3.05, 3.63) is 83.2 Å². The van der Waals surface area contributed by atoms with Crippen molar-refractivity contribution in [2.75, 3.05) is 58.5 Å². The van der Waals surface area contributed by atoms with Crippen molar-refractivity contribution in [1.29, 1.82) is 0 Å². The van der Waals surface area contributed by atoms with Gasteiger partial charge in [0, 0.05) is 51.1 Å². The minimum absolute atomic E-state index is 0.313. The number of hydrogen-bond acceptors (Lipinski definition) is 6. The standard InChI is InChI=1S/C25H35FN2O3.C10H12O.C2H2/c1-4-28(22-6-5-7-23(17-22)29-3)19-21-8-9-25(24(26)16-21)31-15-12-27(2)18-20-10-13-30-14-11-20;11-10-6-5-8-3-1-2-4-9(8)7-10;1-2/h5-9,16-17,20H,4,10-15,18-19H2,1-3H3;5-7,11H,1-4H2;1-2H. The fourth-order valence-corrected chi connectivity index (χ4v) is 5.67. The van der Waals surface area contributed by atoms with E-state index in [1.165, 1.54) is 30.4 Å². The van der Waals surface area contributed by atoms with Crippen molar-refractivity contribution in [2.45, 2.75) is 52.0 Å². The highest BCUT2D eigenvalue weighted by atomic mass is 19.1. The predicted octanol–water partition coefficient (Wildman–Crippen LogP) is 7.12. The Balaban J connectivity index is 0.000000336. The summed E-state index contributed by atoms with van der Waals surface area (Å²) < 4.78 is 31.1. The smallest absolute Gasteiger partial charge is 0.165 e. The van der Waals surface area contributed by atoms with Crippen LogP contribution in [0.3, 0.4) is 0 Å². The summed E-state index contributed by atoms with van der Waals surface area (Å²) in [6.45, 7) is 7.52. The Kier molecular flexibility index (Phi) is 14.9. The van der Waals surface area contributed by atoms with Gasteiger partial charge >= 0.3 is 0 Å². The Bertz CT molecular complexity index is 1290. The summed E-state index contributed by atoms with van der Waals surface area (Å²) in [4.78, 5) is 4.44. The molecule has 1 fully saturated rings. The van der Waals surface area contributed by atoms with Gasteiger partial charge in [0.05, 0.1) is 7.11 Å². The van der Waals surface area contributed by atoms with Gasteiger partial charge in [-0.2, -0.15) is 0 Å². The molecule has 0 spiro atoms. The van der Waals surface area contributed by atoms with Crippen LogP contribution in [-0.2, 0) is 24.1 Å². The van der Waals surface area contributed by atoms with Crippen molar-refractivity contribution in [3.63, 3.8) is 0 Å². The van der Waals surface area contributed by atoms with Gasteiger partial charge in [-0.1, -0.05) is 18.2 Å². The number of hydrogen-bond donors (Lipinski definition) is 1. The lowest BCUT2D eigenvalue weighted by Crippen LogP contribution is -2.32. The fourth-order valence-electron chi connectivity index (χ4n) is 5.67. The molecule has 0 atom stereocenters. The van der Waals surface area contributed by atoms with Crippen LogP contribution in [0.5, 0.6) is 17.2 Å². The zero-order valence-electron chi connectivity index (χ0n) is 26.6. The number of methoxy groups -OCH3 is 1. The molecule has 0 amide bonds. The second-order valence-electron chi connectivity index (χ2n) is 11.3. The van der Waals surface area contributed by atoms with E-state index in [4.69, 9.17) is 14.2 Å². The molecule has 1 heterocycles. The molecule has 1 aliphatic carbocycles. The molecule has 0 bridgehead atoms. The highest BCUT2D eigenvalue weighted by Gasteiger charge is 2.16. The number of likely N-dealkylation sites (N-methyl/N-ethyl adjacent to an activating group) is 1. The summed E-state index contributed by atoms with van der Waals surface area (Å²) in [6.07, 6.45) is 15.1. The van der Waals surface area contributed by atoms with E-state index < -0.39 is 0 Å². The van der Waals surface area contributed by atoms with Crippen LogP contribution >= 0.6 is 0 Å². The number of aromatic hydroxyl groups is 1. The maximum absolute atomic E-state index is 14.6. The van der Waals surface area contributed by atoms with Crippen LogP contribution in [0.1, 0.15) is 49.3 Å². The molecule has 6 nitrogen and oxygen atoms in total. The molecule has 7 heteroatoms. The van der Waals surface area contributed by atoms with Crippen LogP contribution in [0.15, 0.2) is 60.7 Å². The first-order valence-electron chi connectivity index (χ1n) is 15.7. The van der Waals surface area contributed by atoms with E-state index >= 15 is 0 Å². The minimum atomic E-state index is -0.314. The minimum Gasteiger partial charge on any atom is -0.508 e. The fraction of sp³-hybridized carbons (Fsp3) is 0.459. The Hall–Kier alpha value is -3.73. The van der Waals surface area contributed by atoms with Crippen LogP contribution in [0, 0.1) is 24.6 Å². The first-order valence-corrected chi connectivity index (χ1v) is 15.7. The number of aryl methyl sites for hydroxylation is 2. The number of halogens is 1. The highest BCUT2D eigenvalue weighted by Crippen LogP contribution is 2.26. The second-order valence-corrected chi connectivity index (χ2v) is 11.3. The van der Waals surface area contributed by atoms with E-state index in [1.807, 2.05) is 42.5 Å². The number of ether oxygens (including phenoxy) is 3. The molecule has 2 aliphatic rings.